The quantitative estimate of drug-likeness (QED) is 0.256. The van der Waals surface area contributed by atoms with Crippen LogP contribution in [0.5, 0.6) is 5.75 Å². The molecule has 35 heavy (non-hydrogen) atoms. The number of rotatable bonds is 12. The molecule has 0 bridgehead atoms. The average Bonchev–Trinajstić information content (AvgIpc) is 3.26. The summed E-state index contributed by atoms with van der Waals surface area (Å²) in [4.78, 5) is 15.2. The summed E-state index contributed by atoms with van der Waals surface area (Å²) in [6, 6.07) is 26.0. The molecule has 0 radical (unpaired) electrons. The van der Waals surface area contributed by atoms with Crippen LogP contribution in [0.25, 0.3) is 22.6 Å². The Balaban J connectivity index is 1.20. The Labute approximate surface area is 205 Å². The molecule has 0 amide bonds. The minimum absolute atomic E-state index is 0.333. The maximum Gasteiger partial charge on any atom is 0.341 e. The third-order valence-corrected chi connectivity index (χ3v) is 5.65. The maximum absolute atomic E-state index is 10.6. The van der Waals surface area contributed by atoms with Crippen molar-refractivity contribution >= 4 is 5.97 Å². The Kier molecular flexibility index (Phi) is 8.30. The lowest BCUT2D eigenvalue weighted by atomic mass is 10.0. The summed E-state index contributed by atoms with van der Waals surface area (Å²) in [6.07, 6.45) is 2.48. The molecule has 0 aliphatic rings. The summed E-state index contributed by atoms with van der Waals surface area (Å²) in [5, 5.41) is 8.65. The highest BCUT2D eigenvalue weighted by Crippen LogP contribution is 2.26. The molecule has 0 saturated carbocycles. The summed E-state index contributed by atoms with van der Waals surface area (Å²) >= 11 is 0. The van der Waals surface area contributed by atoms with Gasteiger partial charge in [0.15, 0.2) is 6.61 Å². The van der Waals surface area contributed by atoms with Crippen LogP contribution < -0.4 is 4.74 Å². The molecule has 1 N–H and O–H groups in total. The molecule has 180 valence electrons. The zero-order valence-electron chi connectivity index (χ0n) is 19.8. The highest BCUT2D eigenvalue weighted by Gasteiger charge is 2.11. The highest BCUT2D eigenvalue weighted by molar-refractivity contribution is 5.68. The van der Waals surface area contributed by atoms with E-state index in [0.29, 0.717) is 31.3 Å². The van der Waals surface area contributed by atoms with Crippen molar-refractivity contribution in [1.29, 1.82) is 0 Å². The molecule has 0 aliphatic heterocycles. The Morgan fingerprint density at radius 2 is 1.54 bits per heavy atom. The Morgan fingerprint density at radius 3 is 2.26 bits per heavy atom. The summed E-state index contributed by atoms with van der Waals surface area (Å²) in [5.41, 5.74) is 5.38. The van der Waals surface area contributed by atoms with E-state index in [2.05, 4.69) is 29.2 Å². The third-order valence-electron chi connectivity index (χ3n) is 5.65. The van der Waals surface area contributed by atoms with Crippen molar-refractivity contribution < 1.29 is 23.8 Å². The van der Waals surface area contributed by atoms with Crippen molar-refractivity contribution in [1.82, 2.24) is 4.98 Å². The van der Waals surface area contributed by atoms with Gasteiger partial charge in [0.2, 0.25) is 5.89 Å². The number of aromatic nitrogens is 1. The van der Waals surface area contributed by atoms with E-state index in [1.807, 2.05) is 49.4 Å². The first-order valence-corrected chi connectivity index (χ1v) is 11.7. The molecule has 0 aliphatic carbocycles. The van der Waals surface area contributed by atoms with Gasteiger partial charge >= 0.3 is 5.97 Å². The van der Waals surface area contributed by atoms with Crippen molar-refractivity contribution in [2.45, 2.75) is 26.2 Å². The number of benzene rings is 3. The van der Waals surface area contributed by atoms with E-state index in [9.17, 15) is 4.79 Å². The van der Waals surface area contributed by atoms with Gasteiger partial charge in [0.05, 0.1) is 12.3 Å². The highest BCUT2D eigenvalue weighted by atomic mass is 16.5. The summed E-state index contributed by atoms with van der Waals surface area (Å²) in [6.45, 7) is 2.85. The Bertz CT molecular complexity index is 1210. The van der Waals surface area contributed by atoms with Crippen LogP contribution in [0.1, 0.15) is 23.4 Å². The van der Waals surface area contributed by atoms with Crippen molar-refractivity contribution in [2.75, 3.05) is 19.8 Å². The predicted octanol–water partition coefficient (Wildman–Crippen LogP) is 5.97. The van der Waals surface area contributed by atoms with Crippen LogP contribution in [-0.2, 0) is 22.4 Å². The number of hydrogen-bond acceptors (Lipinski definition) is 5. The van der Waals surface area contributed by atoms with Crippen molar-refractivity contribution in [3.8, 4) is 28.3 Å². The molecule has 0 saturated heterocycles. The third kappa shape index (κ3) is 7.04. The predicted molar refractivity (Wildman–Crippen MR) is 135 cm³/mol. The van der Waals surface area contributed by atoms with E-state index in [1.54, 1.807) is 12.1 Å². The van der Waals surface area contributed by atoms with Crippen LogP contribution in [0.2, 0.25) is 0 Å². The molecular weight excluding hydrogens is 442 g/mol. The van der Waals surface area contributed by atoms with Gasteiger partial charge in [-0.3, -0.25) is 0 Å². The van der Waals surface area contributed by atoms with E-state index in [1.165, 1.54) is 5.56 Å². The number of carboxylic acids is 1. The fourth-order valence-electron chi connectivity index (χ4n) is 3.77. The normalized spacial score (nSPS) is 10.9. The van der Waals surface area contributed by atoms with Crippen LogP contribution in [0, 0.1) is 6.92 Å². The zero-order valence-corrected chi connectivity index (χ0v) is 19.8. The number of nitrogens with zero attached hydrogens (tertiary/aromatic N) is 1. The van der Waals surface area contributed by atoms with Crippen molar-refractivity contribution in [2.24, 2.45) is 0 Å². The van der Waals surface area contributed by atoms with Gasteiger partial charge in [-0.05, 0) is 60.7 Å². The van der Waals surface area contributed by atoms with Gasteiger partial charge in [-0.2, -0.15) is 0 Å². The first-order chi connectivity index (χ1) is 17.1. The fraction of sp³-hybridized carbons (Fsp3) is 0.241. The van der Waals surface area contributed by atoms with Crippen LogP contribution in [-0.4, -0.2) is 35.9 Å². The molecule has 0 spiro atoms. The van der Waals surface area contributed by atoms with Crippen molar-refractivity contribution in [3.05, 3.63) is 95.9 Å². The topological polar surface area (TPSA) is 81.8 Å². The number of aryl methyl sites for hydroxylation is 2. The second-order valence-electron chi connectivity index (χ2n) is 8.26. The van der Waals surface area contributed by atoms with Gasteiger partial charge in [0, 0.05) is 18.6 Å². The fourth-order valence-corrected chi connectivity index (χ4v) is 3.77. The standard InChI is InChI=1S/C29H29NO5/c1-21-27(17-19-33-18-5-6-22-9-15-26(16-10-22)34-20-28(31)32)30-29(35-21)25-13-11-24(12-14-25)23-7-3-2-4-8-23/h2-4,7-16H,5-6,17-20H2,1H3,(H,31,32). The molecule has 6 nitrogen and oxygen atoms in total. The smallest absolute Gasteiger partial charge is 0.341 e. The lowest BCUT2D eigenvalue weighted by Gasteiger charge is -2.06. The lowest BCUT2D eigenvalue weighted by Crippen LogP contribution is -2.09. The molecule has 1 heterocycles. The SMILES string of the molecule is Cc1oc(-c2ccc(-c3ccccc3)cc2)nc1CCOCCCc1ccc(OCC(=O)O)cc1. The minimum atomic E-state index is -0.985. The second-order valence-corrected chi connectivity index (χ2v) is 8.26. The molecule has 0 fully saturated rings. The maximum atomic E-state index is 10.6. The average molecular weight is 472 g/mol. The first-order valence-electron chi connectivity index (χ1n) is 11.7. The van der Waals surface area contributed by atoms with E-state index in [4.69, 9.17) is 19.0 Å². The van der Waals surface area contributed by atoms with E-state index >= 15 is 0 Å². The van der Waals surface area contributed by atoms with Crippen LogP contribution >= 0.6 is 0 Å². The number of hydrogen-bond donors (Lipinski definition) is 1. The molecule has 6 heteroatoms. The first kappa shape index (κ1) is 24.2. The molecule has 4 aromatic rings. The van der Waals surface area contributed by atoms with Crippen molar-refractivity contribution in [3.63, 3.8) is 0 Å². The van der Waals surface area contributed by atoms with Crippen LogP contribution in [0.3, 0.4) is 0 Å². The minimum Gasteiger partial charge on any atom is -0.482 e. The van der Waals surface area contributed by atoms with E-state index < -0.39 is 5.97 Å². The number of oxazole rings is 1. The van der Waals surface area contributed by atoms with Gasteiger partial charge in [-0.1, -0.05) is 54.6 Å². The number of carboxylic acid groups (broad SMARTS) is 1. The Morgan fingerprint density at radius 1 is 0.857 bits per heavy atom. The number of ether oxygens (including phenoxy) is 2. The summed E-state index contributed by atoms with van der Waals surface area (Å²) in [7, 11) is 0. The molecular formula is C29H29NO5. The van der Waals surface area contributed by atoms with E-state index in [-0.39, 0.29) is 6.61 Å². The number of aliphatic carboxylic acids is 1. The van der Waals surface area contributed by atoms with Gasteiger partial charge in [-0.25, -0.2) is 9.78 Å². The summed E-state index contributed by atoms with van der Waals surface area (Å²) < 4.78 is 16.9. The van der Waals surface area contributed by atoms with Gasteiger partial charge in [-0.15, -0.1) is 0 Å². The molecule has 3 aromatic carbocycles. The molecule has 1 aromatic heterocycles. The largest absolute Gasteiger partial charge is 0.482 e. The van der Waals surface area contributed by atoms with E-state index in [0.717, 1.165) is 41.0 Å². The monoisotopic (exact) mass is 471 g/mol. The lowest BCUT2D eigenvalue weighted by molar-refractivity contribution is -0.139. The number of carbonyl (C=O) groups is 1. The second kappa shape index (κ2) is 12.0. The van der Waals surface area contributed by atoms with Crippen LogP contribution in [0.15, 0.2) is 83.3 Å². The molecule has 4 rings (SSSR count). The molecule has 0 atom stereocenters. The Hall–Kier alpha value is -3.90. The van der Waals surface area contributed by atoms with Gasteiger partial charge in [0.1, 0.15) is 11.5 Å². The molecule has 0 unspecified atom stereocenters. The zero-order chi connectivity index (χ0) is 24.5. The summed E-state index contributed by atoms with van der Waals surface area (Å²) in [5.74, 6) is 1.02. The van der Waals surface area contributed by atoms with Crippen LogP contribution in [0.4, 0.5) is 0 Å². The van der Waals surface area contributed by atoms with Gasteiger partial charge in [0.25, 0.3) is 0 Å². The van der Waals surface area contributed by atoms with Gasteiger partial charge < -0.3 is 19.0 Å².